The van der Waals surface area contributed by atoms with Gasteiger partial charge < -0.3 is 5.11 Å². The van der Waals surface area contributed by atoms with Crippen molar-refractivity contribution < 1.29 is 14.7 Å². The van der Waals surface area contributed by atoms with Crippen LogP contribution in [0, 0.1) is 0 Å². The second-order valence-electron chi connectivity index (χ2n) is 5.58. The summed E-state index contributed by atoms with van der Waals surface area (Å²) in [4.78, 5) is 30.3. The third-order valence-electron chi connectivity index (χ3n) is 3.77. The van der Waals surface area contributed by atoms with Gasteiger partial charge in [-0.15, -0.1) is 0 Å². The van der Waals surface area contributed by atoms with Crippen LogP contribution in [0.4, 0.5) is 5.69 Å². The Morgan fingerprint density at radius 2 is 2.04 bits per heavy atom. The standard InChI is InChI=1S/C19H14Cl2N2O3S/c1-2-23-17(24)16(9-11-6-7-13(20)10-15(11)21)27-19(23)22-14-5-3-4-12(8-14)18(25)26/h3-10H,2H2,1H3,(H,25,26). The number of aromatic carboxylic acids is 1. The van der Waals surface area contributed by atoms with Crippen LogP contribution >= 0.6 is 35.0 Å². The number of likely N-dealkylation sites (N-methyl/N-ethyl adjacent to an activating group) is 1. The van der Waals surface area contributed by atoms with Crippen LogP contribution in [0.15, 0.2) is 52.4 Å². The third kappa shape index (κ3) is 4.35. The minimum Gasteiger partial charge on any atom is -0.478 e. The fraction of sp³-hybridized carbons (Fsp3) is 0.105. The molecule has 1 aliphatic rings. The van der Waals surface area contributed by atoms with Crippen LogP contribution in [0.2, 0.25) is 10.0 Å². The lowest BCUT2D eigenvalue weighted by Crippen LogP contribution is -2.28. The molecule has 27 heavy (non-hydrogen) atoms. The number of thioether (sulfide) groups is 1. The van der Waals surface area contributed by atoms with Crippen molar-refractivity contribution in [3.63, 3.8) is 0 Å². The number of amides is 1. The van der Waals surface area contributed by atoms with Gasteiger partial charge in [0, 0.05) is 16.6 Å². The van der Waals surface area contributed by atoms with Gasteiger partial charge in [0.25, 0.3) is 5.91 Å². The molecule has 0 atom stereocenters. The molecule has 1 N–H and O–H groups in total. The second-order valence-corrected chi connectivity index (χ2v) is 7.43. The van der Waals surface area contributed by atoms with Gasteiger partial charge in [-0.05, 0) is 60.7 Å². The first-order valence-electron chi connectivity index (χ1n) is 7.97. The van der Waals surface area contributed by atoms with Gasteiger partial charge in [0.2, 0.25) is 0 Å². The molecule has 0 radical (unpaired) electrons. The third-order valence-corrected chi connectivity index (χ3v) is 5.34. The summed E-state index contributed by atoms with van der Waals surface area (Å²) in [5, 5.41) is 10.6. The van der Waals surface area contributed by atoms with Crippen molar-refractivity contribution in [2.75, 3.05) is 6.54 Å². The Balaban J connectivity index is 1.96. The largest absolute Gasteiger partial charge is 0.478 e. The Kier molecular flexibility index (Phi) is 5.89. The summed E-state index contributed by atoms with van der Waals surface area (Å²) >= 11 is 13.3. The van der Waals surface area contributed by atoms with Crippen molar-refractivity contribution in [2.45, 2.75) is 6.92 Å². The van der Waals surface area contributed by atoms with Crippen LogP contribution in [0.5, 0.6) is 0 Å². The van der Waals surface area contributed by atoms with E-state index in [1.807, 2.05) is 6.92 Å². The number of rotatable bonds is 4. The number of hydrogen-bond acceptors (Lipinski definition) is 4. The summed E-state index contributed by atoms with van der Waals surface area (Å²) in [6.07, 6.45) is 1.70. The van der Waals surface area contributed by atoms with E-state index in [0.717, 1.165) is 0 Å². The topological polar surface area (TPSA) is 70.0 Å². The summed E-state index contributed by atoms with van der Waals surface area (Å²) in [5.41, 5.74) is 1.29. The maximum Gasteiger partial charge on any atom is 0.335 e. The number of carbonyl (C=O) groups excluding carboxylic acids is 1. The number of carbonyl (C=O) groups is 2. The quantitative estimate of drug-likeness (QED) is 0.679. The van der Waals surface area contributed by atoms with Crippen LogP contribution in [0.3, 0.4) is 0 Å². The molecule has 1 saturated heterocycles. The first-order chi connectivity index (χ1) is 12.9. The monoisotopic (exact) mass is 420 g/mol. The van der Waals surface area contributed by atoms with Crippen molar-refractivity contribution in [1.29, 1.82) is 0 Å². The van der Waals surface area contributed by atoms with Gasteiger partial charge in [0.05, 0.1) is 16.2 Å². The molecule has 2 aromatic carbocycles. The SMILES string of the molecule is CCN1C(=O)C(=Cc2ccc(Cl)cc2Cl)SC1=Nc1cccc(C(=O)O)c1. The molecule has 0 aromatic heterocycles. The zero-order valence-electron chi connectivity index (χ0n) is 14.1. The van der Waals surface area contributed by atoms with Gasteiger partial charge >= 0.3 is 5.97 Å². The molecule has 0 saturated carbocycles. The highest BCUT2D eigenvalue weighted by Gasteiger charge is 2.32. The Morgan fingerprint density at radius 1 is 1.26 bits per heavy atom. The number of carboxylic acids is 1. The van der Waals surface area contributed by atoms with Crippen molar-refractivity contribution >= 4 is 63.8 Å². The molecular weight excluding hydrogens is 407 g/mol. The predicted molar refractivity (Wildman–Crippen MR) is 110 cm³/mol. The van der Waals surface area contributed by atoms with E-state index in [4.69, 9.17) is 28.3 Å². The van der Waals surface area contributed by atoms with E-state index in [0.29, 0.717) is 37.9 Å². The maximum atomic E-state index is 12.7. The summed E-state index contributed by atoms with van der Waals surface area (Å²) in [5.74, 6) is -1.21. The molecule has 2 aromatic rings. The summed E-state index contributed by atoms with van der Waals surface area (Å²) in [7, 11) is 0. The first kappa shape index (κ1) is 19.5. The summed E-state index contributed by atoms with van der Waals surface area (Å²) < 4.78 is 0. The molecule has 3 rings (SSSR count). The Morgan fingerprint density at radius 3 is 2.70 bits per heavy atom. The van der Waals surface area contributed by atoms with E-state index < -0.39 is 5.97 Å². The summed E-state index contributed by atoms with van der Waals surface area (Å²) in [6, 6.07) is 11.3. The Bertz CT molecular complexity index is 989. The maximum absolute atomic E-state index is 12.7. The van der Waals surface area contributed by atoms with Crippen LogP contribution in [-0.2, 0) is 4.79 Å². The number of hydrogen-bond donors (Lipinski definition) is 1. The highest BCUT2D eigenvalue weighted by molar-refractivity contribution is 8.18. The van der Waals surface area contributed by atoms with Crippen LogP contribution in [0.25, 0.3) is 6.08 Å². The van der Waals surface area contributed by atoms with Crippen LogP contribution in [0.1, 0.15) is 22.8 Å². The first-order valence-corrected chi connectivity index (χ1v) is 9.55. The Hall–Kier alpha value is -2.28. The molecule has 0 bridgehead atoms. The number of carboxylic acid groups (broad SMARTS) is 1. The number of benzene rings is 2. The molecule has 1 amide bonds. The van der Waals surface area contributed by atoms with E-state index in [1.54, 1.807) is 36.4 Å². The highest BCUT2D eigenvalue weighted by atomic mass is 35.5. The van der Waals surface area contributed by atoms with Gasteiger partial charge in [-0.2, -0.15) is 0 Å². The lowest BCUT2D eigenvalue weighted by Gasteiger charge is -2.12. The molecule has 1 fully saturated rings. The lowest BCUT2D eigenvalue weighted by atomic mass is 10.2. The van der Waals surface area contributed by atoms with Gasteiger partial charge in [0.1, 0.15) is 0 Å². The number of aliphatic imine (C=N–C) groups is 1. The molecule has 0 aliphatic carbocycles. The van der Waals surface area contributed by atoms with Crippen molar-refractivity contribution in [3.05, 3.63) is 68.5 Å². The summed E-state index contributed by atoms with van der Waals surface area (Å²) in [6.45, 7) is 2.29. The molecule has 1 heterocycles. The average molecular weight is 421 g/mol. The molecule has 0 unspecified atom stereocenters. The predicted octanol–water partition coefficient (Wildman–Crippen LogP) is 5.32. The average Bonchev–Trinajstić information content (AvgIpc) is 2.92. The van der Waals surface area contributed by atoms with Crippen molar-refractivity contribution in [3.8, 4) is 0 Å². The van der Waals surface area contributed by atoms with E-state index in [9.17, 15) is 9.59 Å². The number of halogens is 2. The molecule has 5 nitrogen and oxygen atoms in total. The van der Waals surface area contributed by atoms with Crippen LogP contribution < -0.4 is 0 Å². The lowest BCUT2D eigenvalue weighted by molar-refractivity contribution is -0.122. The van der Waals surface area contributed by atoms with Gasteiger partial charge in [-0.3, -0.25) is 9.69 Å². The highest BCUT2D eigenvalue weighted by Crippen LogP contribution is 2.35. The minimum atomic E-state index is -1.03. The van der Waals surface area contributed by atoms with E-state index in [2.05, 4.69) is 4.99 Å². The van der Waals surface area contributed by atoms with Crippen molar-refractivity contribution in [1.82, 2.24) is 4.90 Å². The second kappa shape index (κ2) is 8.17. The molecule has 0 spiro atoms. The minimum absolute atomic E-state index is 0.137. The fourth-order valence-corrected chi connectivity index (χ4v) is 3.97. The number of amidine groups is 1. The number of nitrogens with zero attached hydrogens (tertiary/aromatic N) is 2. The van der Waals surface area contributed by atoms with E-state index >= 15 is 0 Å². The van der Waals surface area contributed by atoms with Gasteiger partial charge in [-0.1, -0.05) is 35.3 Å². The van der Waals surface area contributed by atoms with Crippen LogP contribution in [-0.4, -0.2) is 33.6 Å². The molecule has 1 aliphatic heterocycles. The smallest absolute Gasteiger partial charge is 0.335 e. The fourth-order valence-electron chi connectivity index (χ4n) is 2.45. The zero-order chi connectivity index (χ0) is 19.6. The van der Waals surface area contributed by atoms with E-state index in [-0.39, 0.29) is 11.5 Å². The van der Waals surface area contributed by atoms with Gasteiger partial charge in [-0.25, -0.2) is 9.79 Å². The normalized spacial score (nSPS) is 17.1. The van der Waals surface area contributed by atoms with Crippen molar-refractivity contribution in [2.24, 2.45) is 4.99 Å². The molecule has 138 valence electrons. The Labute approximate surface area is 170 Å². The van der Waals surface area contributed by atoms with E-state index in [1.165, 1.54) is 28.8 Å². The molecular formula is C19H14Cl2N2O3S. The van der Waals surface area contributed by atoms with Gasteiger partial charge in [0.15, 0.2) is 5.17 Å². The zero-order valence-corrected chi connectivity index (χ0v) is 16.5. The molecule has 8 heteroatoms.